The summed E-state index contributed by atoms with van der Waals surface area (Å²) in [6.07, 6.45) is 2.15. The Kier molecular flexibility index (Phi) is 2.19. The van der Waals surface area contributed by atoms with Gasteiger partial charge in [0.1, 0.15) is 0 Å². The summed E-state index contributed by atoms with van der Waals surface area (Å²) in [5.41, 5.74) is 0. The fourth-order valence-electron chi connectivity index (χ4n) is 1.50. The minimum atomic E-state index is 0.0965. The lowest BCUT2D eigenvalue weighted by atomic mass is 10.1. The summed E-state index contributed by atoms with van der Waals surface area (Å²) in [5.74, 6) is 4.09. The van der Waals surface area contributed by atoms with Crippen LogP contribution in [-0.2, 0) is 0 Å². The Morgan fingerprint density at radius 1 is 1.00 bits per heavy atom. The third kappa shape index (κ3) is 1.52. The molecule has 0 N–H and O–H groups in total. The van der Waals surface area contributed by atoms with E-state index in [1.54, 1.807) is 0 Å². The average Bonchev–Trinajstić information content (AvgIpc) is 2.17. The molecular weight excluding hydrogens is 176 g/mol. The Bertz CT molecular complexity index is 452. The molecule has 0 radical (unpaired) electrons. The minimum Gasteiger partial charge on any atom is -0.165 e. The number of rotatable bonds is 1. The van der Waals surface area contributed by atoms with Crippen molar-refractivity contribution in [3.63, 3.8) is 0 Å². The van der Waals surface area contributed by atoms with Crippen LogP contribution in [-0.4, -0.2) is 12.1 Å². The van der Waals surface area contributed by atoms with E-state index in [4.69, 9.17) is 0 Å². The zero-order valence-corrected chi connectivity index (χ0v) is 8.47. The van der Waals surface area contributed by atoms with Gasteiger partial charge >= 0.3 is 0 Å². The van der Waals surface area contributed by atoms with E-state index in [0.717, 1.165) is 0 Å². The Morgan fingerprint density at radius 3 is 2.46 bits per heavy atom. The van der Waals surface area contributed by atoms with Crippen LogP contribution in [0.25, 0.3) is 10.8 Å². The molecular formula is C12H12S. The molecule has 2 aromatic rings. The lowest BCUT2D eigenvalue weighted by molar-refractivity contribution is 1.55. The van der Waals surface area contributed by atoms with E-state index in [-0.39, 0.29) is 10.5 Å². The molecule has 0 saturated heterocycles. The number of hydrogen-bond donors (Lipinski definition) is 0. The van der Waals surface area contributed by atoms with Crippen molar-refractivity contribution < 1.29 is 0 Å². The molecule has 1 heteroatoms. The smallest absolute Gasteiger partial charge is 0.00874 e. The summed E-state index contributed by atoms with van der Waals surface area (Å²) in [4.78, 5) is 1.36. The van der Waals surface area contributed by atoms with Gasteiger partial charge < -0.3 is 0 Å². The maximum Gasteiger partial charge on any atom is 0.00874 e. The summed E-state index contributed by atoms with van der Waals surface area (Å²) in [6.45, 7) is 0. The molecule has 0 saturated carbocycles. The molecule has 0 bridgehead atoms. The van der Waals surface area contributed by atoms with Crippen molar-refractivity contribution in [1.82, 2.24) is 0 Å². The van der Waals surface area contributed by atoms with Gasteiger partial charge in [-0.05, 0) is 23.1 Å². The predicted octanol–water partition coefficient (Wildman–Crippen LogP) is 3.53. The molecule has 0 aliphatic heterocycles. The molecule has 0 heterocycles. The van der Waals surface area contributed by atoms with Gasteiger partial charge in [-0.25, -0.2) is 0 Å². The van der Waals surface area contributed by atoms with Crippen molar-refractivity contribution in [3.8, 4) is 0 Å². The van der Waals surface area contributed by atoms with Crippen molar-refractivity contribution >= 4 is 27.1 Å². The van der Waals surface area contributed by atoms with Crippen molar-refractivity contribution in [2.24, 2.45) is 0 Å². The van der Waals surface area contributed by atoms with E-state index in [0.29, 0.717) is 0 Å². The van der Waals surface area contributed by atoms with Crippen LogP contribution in [0.4, 0.5) is 0 Å². The van der Waals surface area contributed by atoms with Gasteiger partial charge in [-0.2, -0.15) is 10.5 Å². The minimum absolute atomic E-state index is 0.0965. The molecule has 2 rings (SSSR count). The quantitative estimate of drug-likeness (QED) is 0.601. The number of hydrogen-bond acceptors (Lipinski definition) is 0. The maximum absolute atomic E-state index is 4.09. The maximum atomic E-state index is 4.09. The average molecular weight is 188 g/mol. The van der Waals surface area contributed by atoms with E-state index >= 15 is 0 Å². The van der Waals surface area contributed by atoms with Crippen molar-refractivity contribution in [3.05, 3.63) is 42.5 Å². The van der Waals surface area contributed by atoms with E-state index in [9.17, 15) is 0 Å². The number of fused-ring (bicyclic) bond motifs is 1. The van der Waals surface area contributed by atoms with Gasteiger partial charge in [-0.1, -0.05) is 42.3 Å². The topological polar surface area (TPSA) is 0 Å². The third-order valence-corrected chi connectivity index (χ3v) is 3.23. The largest absolute Gasteiger partial charge is 0.165 e. The Balaban J connectivity index is 2.83. The van der Waals surface area contributed by atoms with Crippen LogP contribution in [0.3, 0.4) is 0 Å². The second-order valence-electron chi connectivity index (χ2n) is 3.11. The van der Waals surface area contributed by atoms with Crippen LogP contribution in [0.15, 0.2) is 47.4 Å². The van der Waals surface area contributed by atoms with Crippen molar-refractivity contribution in [1.29, 1.82) is 0 Å². The first kappa shape index (κ1) is 8.52. The van der Waals surface area contributed by atoms with Gasteiger partial charge in [0, 0.05) is 4.90 Å². The molecule has 0 aliphatic carbocycles. The van der Waals surface area contributed by atoms with E-state index in [2.05, 4.69) is 54.6 Å². The molecule has 0 spiro atoms. The lowest BCUT2D eigenvalue weighted by Gasteiger charge is -2.05. The van der Waals surface area contributed by atoms with E-state index in [1.165, 1.54) is 15.7 Å². The Hall–Kier alpha value is -1.08. The van der Waals surface area contributed by atoms with Crippen LogP contribution < -0.4 is 0 Å². The van der Waals surface area contributed by atoms with Crippen LogP contribution in [0.2, 0.25) is 0 Å². The molecule has 1 atom stereocenters. The fraction of sp³-hybridized carbons (Fsp3) is 0.0833. The summed E-state index contributed by atoms with van der Waals surface area (Å²) in [5, 5.41) is 2.65. The molecule has 0 aliphatic rings. The lowest BCUT2D eigenvalue weighted by Crippen LogP contribution is -1.77. The first-order valence-electron chi connectivity index (χ1n) is 4.22. The van der Waals surface area contributed by atoms with E-state index in [1.807, 2.05) is 0 Å². The molecule has 0 aromatic heterocycles. The summed E-state index contributed by atoms with van der Waals surface area (Å²) >= 11 is 0. The van der Waals surface area contributed by atoms with Gasteiger partial charge in [0.2, 0.25) is 0 Å². The highest BCUT2D eigenvalue weighted by Gasteiger charge is 1.98. The SMILES string of the molecule is C=S(C)c1cccc2ccccc12. The second-order valence-corrected chi connectivity index (χ2v) is 4.83. The number of benzene rings is 2. The first-order valence-corrected chi connectivity index (χ1v) is 6.02. The molecule has 2 aromatic carbocycles. The highest BCUT2D eigenvalue weighted by atomic mass is 32.2. The molecule has 0 fully saturated rings. The van der Waals surface area contributed by atoms with Gasteiger partial charge in [-0.15, -0.1) is 0 Å². The Labute approximate surface area is 81.1 Å². The normalized spacial score (nSPS) is 13.0. The molecule has 13 heavy (non-hydrogen) atoms. The van der Waals surface area contributed by atoms with Crippen LogP contribution in [0, 0.1) is 0 Å². The molecule has 66 valence electrons. The second kappa shape index (κ2) is 3.35. The molecule has 0 amide bonds. The fourth-order valence-corrected chi connectivity index (χ4v) is 2.37. The third-order valence-electron chi connectivity index (χ3n) is 2.13. The zero-order chi connectivity index (χ0) is 9.26. The van der Waals surface area contributed by atoms with E-state index < -0.39 is 0 Å². The van der Waals surface area contributed by atoms with Crippen LogP contribution in [0.1, 0.15) is 0 Å². The van der Waals surface area contributed by atoms with Gasteiger partial charge in [0.05, 0.1) is 0 Å². The summed E-state index contributed by atoms with van der Waals surface area (Å²) in [6, 6.07) is 14.9. The van der Waals surface area contributed by atoms with Crippen LogP contribution >= 0.6 is 10.5 Å². The zero-order valence-electron chi connectivity index (χ0n) is 7.66. The van der Waals surface area contributed by atoms with Crippen molar-refractivity contribution in [2.45, 2.75) is 4.90 Å². The molecule has 0 nitrogen and oxygen atoms in total. The van der Waals surface area contributed by atoms with Crippen molar-refractivity contribution in [2.75, 3.05) is 6.26 Å². The highest BCUT2D eigenvalue weighted by molar-refractivity contribution is 8.13. The first-order chi connectivity index (χ1) is 6.29. The standard InChI is InChI=1S/C12H12S/c1-13(2)12-9-5-7-10-6-3-4-8-11(10)12/h3-9H,1H2,2H3. The van der Waals surface area contributed by atoms with Gasteiger partial charge in [-0.3, -0.25) is 0 Å². The van der Waals surface area contributed by atoms with Gasteiger partial charge in [0.15, 0.2) is 0 Å². The van der Waals surface area contributed by atoms with Crippen LogP contribution in [0.5, 0.6) is 0 Å². The highest BCUT2D eigenvalue weighted by Crippen LogP contribution is 2.29. The van der Waals surface area contributed by atoms with Gasteiger partial charge in [0.25, 0.3) is 0 Å². The monoisotopic (exact) mass is 188 g/mol. The summed E-state index contributed by atoms with van der Waals surface area (Å²) in [7, 11) is 0.0965. The predicted molar refractivity (Wildman–Crippen MR) is 62.9 cm³/mol. The molecule has 1 unspecified atom stereocenters. The summed E-state index contributed by atoms with van der Waals surface area (Å²) < 4.78 is 0. The Morgan fingerprint density at radius 2 is 1.69 bits per heavy atom.